The first-order valence-corrected chi connectivity index (χ1v) is 9.83. The fraction of sp³-hybridized carbons (Fsp3) is 0.435. The van der Waals surface area contributed by atoms with Crippen molar-refractivity contribution in [1.29, 1.82) is 0 Å². The van der Waals surface area contributed by atoms with Gasteiger partial charge in [0.05, 0.1) is 0 Å². The molecule has 0 aromatic heterocycles. The highest BCUT2D eigenvalue weighted by atomic mass is 16.2. The Hall–Kier alpha value is -2.13. The number of amides is 1. The maximum absolute atomic E-state index is 12.6. The molecule has 3 heteroatoms. The number of likely N-dealkylation sites (tertiary alicyclic amines) is 1. The average Bonchev–Trinajstić information content (AvgIpc) is 2.69. The van der Waals surface area contributed by atoms with Gasteiger partial charge in [-0.2, -0.15) is 0 Å². The summed E-state index contributed by atoms with van der Waals surface area (Å²) in [5, 5.41) is 0. The molecular weight excluding hydrogens is 320 g/mol. The molecule has 0 N–H and O–H groups in total. The molecule has 1 saturated heterocycles. The number of carbonyl (C=O) groups excluding carboxylic acids is 1. The second kappa shape index (κ2) is 9.00. The number of nitrogens with zero attached hydrogens (tertiary/aromatic N) is 2. The van der Waals surface area contributed by atoms with Crippen LogP contribution in [0.2, 0.25) is 0 Å². The minimum absolute atomic E-state index is 0.231. The zero-order valence-electron chi connectivity index (χ0n) is 16.0. The molecule has 0 aliphatic carbocycles. The van der Waals surface area contributed by atoms with Gasteiger partial charge in [0.25, 0.3) is 0 Å². The first kappa shape index (κ1) is 18.7. The molecule has 2 aromatic carbocycles. The average molecular weight is 351 g/mol. The molecule has 3 nitrogen and oxygen atoms in total. The number of aryl methyl sites for hydroxylation is 1. The molecule has 138 valence electrons. The summed E-state index contributed by atoms with van der Waals surface area (Å²) in [5.41, 5.74) is 3.87. The summed E-state index contributed by atoms with van der Waals surface area (Å²) in [6.45, 7) is 7.38. The lowest BCUT2D eigenvalue weighted by molar-refractivity contribution is -0.119. The van der Waals surface area contributed by atoms with Crippen molar-refractivity contribution in [1.82, 2.24) is 4.90 Å². The van der Waals surface area contributed by atoms with Crippen LogP contribution >= 0.6 is 0 Å². The lowest BCUT2D eigenvalue weighted by atomic mass is 10.00. The van der Waals surface area contributed by atoms with E-state index < -0.39 is 0 Å². The molecule has 1 heterocycles. The van der Waals surface area contributed by atoms with Crippen molar-refractivity contribution in [3.05, 3.63) is 65.7 Å². The van der Waals surface area contributed by atoms with Gasteiger partial charge in [-0.05, 0) is 49.4 Å². The van der Waals surface area contributed by atoms with Crippen LogP contribution in [0.25, 0.3) is 0 Å². The topological polar surface area (TPSA) is 23.6 Å². The number of benzene rings is 2. The third-order valence-electron chi connectivity index (χ3n) is 5.49. The van der Waals surface area contributed by atoms with Gasteiger partial charge in [-0.3, -0.25) is 4.79 Å². The van der Waals surface area contributed by atoms with Gasteiger partial charge in [0.15, 0.2) is 0 Å². The molecule has 1 fully saturated rings. The minimum atomic E-state index is 0.231. The molecule has 0 spiro atoms. The highest BCUT2D eigenvalue weighted by Crippen LogP contribution is 2.24. The van der Waals surface area contributed by atoms with Crippen molar-refractivity contribution < 1.29 is 4.79 Å². The Bertz CT molecular complexity index is 705. The van der Waals surface area contributed by atoms with Crippen LogP contribution in [-0.2, 0) is 11.2 Å². The molecule has 26 heavy (non-hydrogen) atoms. The first-order chi connectivity index (χ1) is 12.7. The Kier molecular flexibility index (Phi) is 6.45. The van der Waals surface area contributed by atoms with E-state index in [0.717, 1.165) is 44.6 Å². The van der Waals surface area contributed by atoms with E-state index in [4.69, 9.17) is 0 Å². The molecule has 3 rings (SSSR count). The van der Waals surface area contributed by atoms with Gasteiger partial charge in [-0.1, -0.05) is 49.4 Å². The molecule has 0 saturated carbocycles. The van der Waals surface area contributed by atoms with E-state index in [1.54, 1.807) is 0 Å². The van der Waals surface area contributed by atoms with Gasteiger partial charge in [0.2, 0.25) is 5.91 Å². The molecule has 1 amide bonds. The second-order valence-electron chi connectivity index (χ2n) is 7.20. The summed E-state index contributed by atoms with van der Waals surface area (Å²) >= 11 is 0. The summed E-state index contributed by atoms with van der Waals surface area (Å²) in [5.74, 6) is 0.231. The van der Waals surface area contributed by atoms with Gasteiger partial charge < -0.3 is 9.80 Å². The highest BCUT2D eigenvalue weighted by Gasteiger charge is 2.28. The highest BCUT2D eigenvalue weighted by molar-refractivity contribution is 5.93. The minimum Gasteiger partial charge on any atom is -0.309 e. The predicted molar refractivity (Wildman–Crippen MR) is 109 cm³/mol. The number of hydrogen-bond donors (Lipinski definition) is 0. The predicted octanol–water partition coefficient (Wildman–Crippen LogP) is 4.45. The van der Waals surface area contributed by atoms with Crippen LogP contribution < -0.4 is 4.90 Å². The fourth-order valence-corrected chi connectivity index (χ4v) is 3.89. The monoisotopic (exact) mass is 350 g/mol. The zero-order valence-corrected chi connectivity index (χ0v) is 16.0. The number of piperidine rings is 1. The van der Waals surface area contributed by atoms with Gasteiger partial charge in [-0.15, -0.1) is 0 Å². The zero-order chi connectivity index (χ0) is 18.4. The maximum Gasteiger partial charge on any atom is 0.226 e. The quantitative estimate of drug-likeness (QED) is 0.769. The SMILES string of the molecule is CCC(=O)N(c1ccccc1)C1CCN(CCc2ccccc2C)CC1. The Morgan fingerprint density at radius 1 is 1.04 bits per heavy atom. The number of rotatable bonds is 6. The van der Waals surface area contributed by atoms with Gasteiger partial charge >= 0.3 is 0 Å². The summed E-state index contributed by atoms with van der Waals surface area (Å²) in [4.78, 5) is 17.1. The number of hydrogen-bond acceptors (Lipinski definition) is 2. The van der Waals surface area contributed by atoms with E-state index in [1.165, 1.54) is 11.1 Å². The van der Waals surface area contributed by atoms with Crippen LogP contribution in [-0.4, -0.2) is 36.5 Å². The summed E-state index contributed by atoms with van der Waals surface area (Å²) < 4.78 is 0. The maximum atomic E-state index is 12.6. The summed E-state index contributed by atoms with van der Waals surface area (Å²) in [6, 6.07) is 19.1. The molecular formula is C23H30N2O. The molecule has 2 aromatic rings. The largest absolute Gasteiger partial charge is 0.309 e. The van der Waals surface area contributed by atoms with E-state index >= 15 is 0 Å². The number of para-hydroxylation sites is 1. The van der Waals surface area contributed by atoms with E-state index in [0.29, 0.717) is 12.5 Å². The summed E-state index contributed by atoms with van der Waals surface area (Å²) in [6.07, 6.45) is 3.76. The Morgan fingerprint density at radius 3 is 2.35 bits per heavy atom. The number of carbonyl (C=O) groups is 1. The lowest BCUT2D eigenvalue weighted by Gasteiger charge is -2.38. The van der Waals surface area contributed by atoms with Crippen molar-refractivity contribution in [3.8, 4) is 0 Å². The Morgan fingerprint density at radius 2 is 1.69 bits per heavy atom. The van der Waals surface area contributed by atoms with E-state index in [-0.39, 0.29) is 5.91 Å². The van der Waals surface area contributed by atoms with Crippen molar-refractivity contribution in [2.75, 3.05) is 24.5 Å². The van der Waals surface area contributed by atoms with Crippen molar-refractivity contribution in [2.45, 2.75) is 45.6 Å². The molecule has 0 radical (unpaired) electrons. The second-order valence-corrected chi connectivity index (χ2v) is 7.20. The van der Waals surface area contributed by atoms with E-state index in [9.17, 15) is 4.79 Å². The Balaban J connectivity index is 1.58. The van der Waals surface area contributed by atoms with Gasteiger partial charge in [0, 0.05) is 37.8 Å². The lowest BCUT2D eigenvalue weighted by Crippen LogP contribution is -2.47. The van der Waals surface area contributed by atoms with Gasteiger partial charge in [0.1, 0.15) is 0 Å². The van der Waals surface area contributed by atoms with Gasteiger partial charge in [-0.25, -0.2) is 0 Å². The molecule has 1 aliphatic rings. The van der Waals surface area contributed by atoms with Crippen LogP contribution in [0.1, 0.15) is 37.3 Å². The van der Waals surface area contributed by atoms with Crippen molar-refractivity contribution in [2.24, 2.45) is 0 Å². The molecule has 1 aliphatic heterocycles. The molecule has 0 bridgehead atoms. The van der Waals surface area contributed by atoms with Crippen LogP contribution in [0.3, 0.4) is 0 Å². The standard InChI is InChI=1S/C23H30N2O/c1-3-23(26)25(21-11-5-4-6-12-21)22-14-17-24(18-15-22)16-13-20-10-8-7-9-19(20)2/h4-12,22H,3,13-18H2,1-2H3. The Labute approximate surface area is 157 Å². The first-order valence-electron chi connectivity index (χ1n) is 9.83. The fourth-order valence-electron chi connectivity index (χ4n) is 3.89. The normalized spacial score (nSPS) is 15.8. The van der Waals surface area contributed by atoms with Crippen LogP contribution in [0.15, 0.2) is 54.6 Å². The number of anilines is 1. The third-order valence-corrected chi connectivity index (χ3v) is 5.49. The van der Waals surface area contributed by atoms with E-state index in [2.05, 4.69) is 48.2 Å². The molecule has 0 unspecified atom stereocenters. The van der Waals surface area contributed by atoms with Crippen molar-refractivity contribution >= 4 is 11.6 Å². The van der Waals surface area contributed by atoms with Crippen molar-refractivity contribution in [3.63, 3.8) is 0 Å². The third kappa shape index (κ3) is 4.53. The van der Waals surface area contributed by atoms with E-state index in [1.807, 2.05) is 30.0 Å². The van der Waals surface area contributed by atoms with Crippen LogP contribution in [0.4, 0.5) is 5.69 Å². The van der Waals surface area contributed by atoms with Crippen LogP contribution in [0.5, 0.6) is 0 Å². The molecule has 0 atom stereocenters. The summed E-state index contributed by atoms with van der Waals surface area (Å²) in [7, 11) is 0. The smallest absolute Gasteiger partial charge is 0.226 e. The van der Waals surface area contributed by atoms with Crippen LogP contribution in [0, 0.1) is 6.92 Å².